The number of para-hydroxylation sites is 2. The molecular formula is C84H49ClN6S4. The molecule has 12 aromatic carbocycles. The van der Waals surface area contributed by atoms with E-state index in [2.05, 4.69) is 274 Å². The molecular weight excluding hydrogens is 1260 g/mol. The number of aromatic amines is 1. The van der Waals surface area contributed by atoms with Crippen molar-refractivity contribution in [3.05, 3.63) is 290 Å². The number of halogens is 1. The SMILES string of the molecule is C1=CC2=CC(c3nc(-n4c5ccccc5c5c6ccccc6c6sc7ccccc7c6c54)nc4sc5ccccc5c34)=CCC2C=C1.Clc1nc(-c2ccc3ccccc3c2)c2c(n1)sc1ccccc12.c1ccc2c(c1)[nH]c1c2c2ccccc2c2sc3ccccc3c12. The summed E-state index contributed by atoms with van der Waals surface area (Å²) in [5.41, 5.74) is 10.3. The van der Waals surface area contributed by atoms with Gasteiger partial charge in [0.05, 0.1) is 27.9 Å². The number of allylic oxidation sites excluding steroid dienone is 8. The number of thiophene rings is 4. The highest BCUT2D eigenvalue weighted by molar-refractivity contribution is 7.27. The van der Waals surface area contributed by atoms with Gasteiger partial charge in [-0.15, -0.1) is 45.3 Å². The Morgan fingerprint density at radius 3 is 1.66 bits per heavy atom. The van der Waals surface area contributed by atoms with Crippen molar-refractivity contribution in [2.45, 2.75) is 6.42 Å². The Hall–Kier alpha value is -10.7. The van der Waals surface area contributed by atoms with Crippen molar-refractivity contribution >= 4 is 219 Å². The van der Waals surface area contributed by atoms with Crippen molar-refractivity contribution in [1.29, 1.82) is 0 Å². The van der Waals surface area contributed by atoms with Gasteiger partial charge in [0.1, 0.15) is 9.66 Å². The molecule has 20 aromatic rings. The van der Waals surface area contributed by atoms with Gasteiger partial charge in [-0.2, -0.15) is 0 Å². The molecule has 1 unspecified atom stereocenters. The largest absolute Gasteiger partial charge is 0.354 e. The molecule has 8 heterocycles. The Bertz CT molecular complexity index is 6810. The lowest BCUT2D eigenvalue weighted by Gasteiger charge is -2.21. The van der Waals surface area contributed by atoms with E-state index in [0.29, 0.717) is 5.92 Å². The minimum Gasteiger partial charge on any atom is -0.354 e. The highest BCUT2D eigenvalue weighted by Gasteiger charge is 2.27. The summed E-state index contributed by atoms with van der Waals surface area (Å²) in [5, 5.41) is 23.0. The van der Waals surface area contributed by atoms with Gasteiger partial charge in [0.25, 0.3) is 0 Å². The average Bonchev–Trinajstić information content (AvgIpc) is 1.56. The molecule has 1 N–H and O–H groups in total. The van der Waals surface area contributed by atoms with Crippen molar-refractivity contribution in [1.82, 2.24) is 29.5 Å². The van der Waals surface area contributed by atoms with Gasteiger partial charge in [0, 0.05) is 121 Å². The maximum atomic E-state index is 6.20. The zero-order chi connectivity index (χ0) is 62.4. The van der Waals surface area contributed by atoms with E-state index in [1.54, 1.807) is 22.7 Å². The Kier molecular flexibility index (Phi) is 12.5. The Labute approximate surface area is 563 Å². The summed E-state index contributed by atoms with van der Waals surface area (Å²) in [6.45, 7) is 0. The number of nitrogens with zero attached hydrogens (tertiary/aromatic N) is 5. The molecule has 6 nitrogen and oxygen atoms in total. The number of benzene rings is 12. The molecule has 0 amide bonds. The summed E-state index contributed by atoms with van der Waals surface area (Å²) in [6, 6.07) is 84.4. The fourth-order valence-electron chi connectivity index (χ4n) is 15.0. The highest BCUT2D eigenvalue weighted by atomic mass is 35.5. The maximum absolute atomic E-state index is 6.20. The number of hydrogen-bond donors (Lipinski definition) is 1. The lowest BCUT2D eigenvalue weighted by Crippen LogP contribution is -2.08. The van der Waals surface area contributed by atoms with E-state index >= 15 is 0 Å². The van der Waals surface area contributed by atoms with Gasteiger partial charge in [-0.25, -0.2) is 19.9 Å². The predicted octanol–water partition coefficient (Wildman–Crippen LogP) is 25.1. The summed E-state index contributed by atoms with van der Waals surface area (Å²) >= 11 is 13.4. The third kappa shape index (κ3) is 8.58. The van der Waals surface area contributed by atoms with Crippen molar-refractivity contribution in [3.63, 3.8) is 0 Å². The quantitative estimate of drug-likeness (QED) is 0.179. The van der Waals surface area contributed by atoms with Crippen LogP contribution in [0.2, 0.25) is 5.28 Å². The van der Waals surface area contributed by atoms with Gasteiger partial charge >= 0.3 is 0 Å². The average molecular weight is 1310 g/mol. The standard InChI is InChI=1S/C42H25N3S2.C22H13NS.C20H11ClN2S/c1-2-12-25-23-26(22-21-24(25)11-1)38-36-30-16-6-10-20-34(30)47-41(36)44-42(43-38)45-32-18-8-5-15-29(32)35-27-13-3-4-14-28(27)40-37(39(35)45)31-17-7-9-19-33(31)46-40;1-2-8-14-13(7-1)19-15-9-3-5-11-17(15)23-21(19)20-16-10-4-6-12-18(16)24-22(14)20;21-20-22-18(14-10-9-12-5-1-2-6-13(12)11-14)17-15-7-3-4-8-16(15)24-19(17)23-20/h1-20,22-24H,21H2;1-12,23H;1-11H. The van der Waals surface area contributed by atoms with E-state index in [0.717, 1.165) is 55.3 Å². The second kappa shape index (κ2) is 21.7. The first-order valence-electron chi connectivity index (χ1n) is 31.8. The number of aromatic nitrogens is 6. The van der Waals surface area contributed by atoms with Crippen LogP contribution in [0.1, 0.15) is 12.1 Å². The van der Waals surface area contributed by atoms with Gasteiger partial charge in [0.15, 0.2) is 0 Å². The van der Waals surface area contributed by atoms with Crippen LogP contribution in [0.5, 0.6) is 0 Å². The third-order valence-corrected chi connectivity index (χ3v) is 23.9. The smallest absolute Gasteiger partial charge is 0.236 e. The van der Waals surface area contributed by atoms with Crippen LogP contribution in [-0.4, -0.2) is 29.5 Å². The second-order valence-corrected chi connectivity index (χ2v) is 28.9. The van der Waals surface area contributed by atoms with E-state index in [4.69, 9.17) is 21.6 Å². The molecule has 0 spiro atoms. The maximum Gasteiger partial charge on any atom is 0.236 e. The predicted molar refractivity (Wildman–Crippen MR) is 411 cm³/mol. The molecule has 1 atom stereocenters. The monoisotopic (exact) mass is 1300 g/mol. The Morgan fingerprint density at radius 1 is 0.421 bits per heavy atom. The second-order valence-electron chi connectivity index (χ2n) is 24.4. The first kappa shape index (κ1) is 54.8. The van der Waals surface area contributed by atoms with Crippen LogP contribution in [0.15, 0.2) is 279 Å². The van der Waals surface area contributed by atoms with Gasteiger partial charge in [-0.3, -0.25) is 4.57 Å². The normalized spacial score (nSPS) is 14.1. The van der Waals surface area contributed by atoms with E-state index in [9.17, 15) is 0 Å². The summed E-state index contributed by atoms with van der Waals surface area (Å²) < 4.78 is 10.1. The van der Waals surface area contributed by atoms with Gasteiger partial charge in [0.2, 0.25) is 11.2 Å². The number of fused-ring (bicyclic) bond motifs is 28. The molecule has 0 fully saturated rings. The lowest BCUT2D eigenvalue weighted by atomic mass is 9.84. The fraction of sp³-hybridized carbons (Fsp3) is 0.0238. The van der Waals surface area contributed by atoms with Crippen LogP contribution in [0.3, 0.4) is 0 Å². The molecule has 95 heavy (non-hydrogen) atoms. The number of nitrogens with one attached hydrogen (secondary N) is 1. The van der Waals surface area contributed by atoms with Crippen LogP contribution < -0.4 is 0 Å². The number of rotatable bonds is 3. The van der Waals surface area contributed by atoms with E-state index < -0.39 is 0 Å². The first-order valence-corrected chi connectivity index (χ1v) is 35.5. The molecule has 2 aliphatic rings. The van der Waals surface area contributed by atoms with Crippen molar-refractivity contribution in [2.24, 2.45) is 5.92 Å². The van der Waals surface area contributed by atoms with Crippen molar-refractivity contribution < 1.29 is 0 Å². The topological polar surface area (TPSA) is 72.3 Å². The Morgan fingerprint density at radius 2 is 0.958 bits per heavy atom. The lowest BCUT2D eigenvalue weighted by molar-refractivity contribution is 0.782. The minimum atomic E-state index is 0.289. The molecule has 11 heteroatoms. The van der Waals surface area contributed by atoms with Crippen LogP contribution >= 0.6 is 56.9 Å². The first-order chi connectivity index (χ1) is 47.0. The van der Waals surface area contributed by atoms with Crippen molar-refractivity contribution in [3.8, 4) is 17.2 Å². The highest BCUT2D eigenvalue weighted by Crippen LogP contribution is 2.50. The molecule has 0 bridgehead atoms. The van der Waals surface area contributed by atoms with E-state index in [-0.39, 0.29) is 5.28 Å². The van der Waals surface area contributed by atoms with Gasteiger partial charge in [-0.1, -0.05) is 225 Å². The Balaban J connectivity index is 0.000000108. The number of H-pyrrole nitrogens is 1. The molecule has 0 radical (unpaired) electrons. The summed E-state index contributed by atoms with van der Waals surface area (Å²) in [5.74, 6) is 1.14. The number of hydrogen-bond acceptors (Lipinski definition) is 8. The third-order valence-electron chi connectivity index (χ3n) is 19.2. The van der Waals surface area contributed by atoms with Crippen LogP contribution in [0, 0.1) is 5.92 Å². The molecule has 22 rings (SSSR count). The summed E-state index contributed by atoms with van der Waals surface area (Å²) in [4.78, 5) is 25.7. The van der Waals surface area contributed by atoms with Crippen LogP contribution in [0.25, 0.3) is 180 Å². The van der Waals surface area contributed by atoms with Crippen LogP contribution in [-0.2, 0) is 0 Å². The molecule has 0 saturated heterocycles. The minimum absolute atomic E-state index is 0.289. The molecule has 8 aromatic heterocycles. The summed E-state index contributed by atoms with van der Waals surface area (Å²) in [7, 11) is 0. The zero-order valence-corrected chi connectivity index (χ0v) is 54.5. The molecule has 0 saturated carbocycles. The fourth-order valence-corrected chi connectivity index (χ4v) is 19.9. The zero-order valence-electron chi connectivity index (χ0n) is 50.5. The van der Waals surface area contributed by atoms with Gasteiger partial charge in [-0.05, 0) is 99.3 Å². The summed E-state index contributed by atoms with van der Waals surface area (Å²) in [6.07, 6.45) is 14.5. The van der Waals surface area contributed by atoms with Crippen molar-refractivity contribution in [2.75, 3.05) is 0 Å². The van der Waals surface area contributed by atoms with E-state index in [1.807, 2.05) is 40.9 Å². The van der Waals surface area contributed by atoms with Gasteiger partial charge < -0.3 is 4.98 Å². The molecule has 0 aliphatic heterocycles. The molecule has 2 aliphatic carbocycles. The van der Waals surface area contributed by atoms with Crippen LogP contribution in [0.4, 0.5) is 0 Å². The van der Waals surface area contributed by atoms with E-state index in [1.165, 1.54) is 142 Å². The molecule has 446 valence electrons.